The van der Waals surface area contributed by atoms with E-state index in [1.54, 1.807) is 38.6 Å². The minimum Gasteiger partial charge on any atom is -0.497 e. The minimum absolute atomic E-state index is 0.0782. The first kappa shape index (κ1) is 27.4. The van der Waals surface area contributed by atoms with Crippen LogP contribution in [0.2, 0.25) is 0 Å². The van der Waals surface area contributed by atoms with Gasteiger partial charge in [-0.1, -0.05) is 23.5 Å². The number of aromatic nitrogens is 3. The van der Waals surface area contributed by atoms with Gasteiger partial charge in [-0.3, -0.25) is 5.10 Å². The van der Waals surface area contributed by atoms with E-state index in [1.165, 1.54) is 36.7 Å². The van der Waals surface area contributed by atoms with E-state index < -0.39 is 11.7 Å². The maximum Gasteiger partial charge on any atom is 0.417 e. The summed E-state index contributed by atoms with van der Waals surface area (Å²) < 4.78 is 57.5. The fraction of sp³-hybridized carbons (Fsp3) is 0.308. The van der Waals surface area contributed by atoms with Gasteiger partial charge in [0.05, 0.1) is 37.6 Å². The van der Waals surface area contributed by atoms with Crippen LogP contribution in [0.4, 0.5) is 18.3 Å². The molecule has 8 nitrogen and oxygen atoms in total. The highest BCUT2D eigenvalue weighted by Crippen LogP contribution is 2.42. The van der Waals surface area contributed by atoms with E-state index in [2.05, 4.69) is 15.2 Å². The number of methoxy groups -OCH3 is 3. The van der Waals surface area contributed by atoms with Crippen LogP contribution < -0.4 is 9.64 Å². The zero-order valence-corrected chi connectivity index (χ0v) is 21.8. The van der Waals surface area contributed by atoms with Crippen molar-refractivity contribution in [1.29, 1.82) is 0 Å². The van der Waals surface area contributed by atoms with Crippen LogP contribution in [0.1, 0.15) is 21.6 Å². The molecule has 4 aromatic rings. The van der Waals surface area contributed by atoms with Crippen LogP contribution in [-0.2, 0) is 15.7 Å². The molecule has 0 amide bonds. The number of fused-ring (bicyclic) bond motifs is 1. The Balaban J connectivity index is 1.89. The highest BCUT2D eigenvalue weighted by molar-refractivity contribution is 7.17. The minimum atomic E-state index is -4.63. The lowest BCUT2D eigenvalue weighted by molar-refractivity contribution is -0.137. The molecule has 0 saturated carbocycles. The van der Waals surface area contributed by atoms with Gasteiger partial charge >= 0.3 is 6.18 Å². The first-order valence-electron chi connectivity index (χ1n) is 11.6. The highest BCUT2D eigenvalue weighted by Gasteiger charge is 2.34. The second kappa shape index (κ2) is 11.8. The molecule has 2 N–H and O–H groups in total. The molecule has 0 unspecified atom stereocenters. The topological polar surface area (TPSA) is 92.7 Å². The molecule has 0 spiro atoms. The number of hydrogen-bond acceptors (Lipinski definition) is 8. The molecule has 2 aromatic carbocycles. The molecule has 2 aromatic heterocycles. The number of nitrogens with one attached hydrogen (secondary N) is 1. The molecule has 4 rings (SSSR count). The Morgan fingerprint density at radius 2 is 1.82 bits per heavy atom. The molecule has 0 bridgehead atoms. The van der Waals surface area contributed by atoms with Gasteiger partial charge in [-0.05, 0) is 41.5 Å². The van der Waals surface area contributed by atoms with E-state index in [4.69, 9.17) is 14.2 Å². The summed E-state index contributed by atoms with van der Waals surface area (Å²) in [5, 5.41) is 19.1. The third-order valence-corrected chi connectivity index (χ3v) is 7.00. The van der Waals surface area contributed by atoms with Crippen molar-refractivity contribution in [3.63, 3.8) is 0 Å². The van der Waals surface area contributed by atoms with Crippen molar-refractivity contribution < 1.29 is 32.5 Å². The Labute approximate surface area is 221 Å². The summed E-state index contributed by atoms with van der Waals surface area (Å²) in [6, 6.07) is 9.11. The van der Waals surface area contributed by atoms with Crippen LogP contribution in [-0.4, -0.2) is 67.9 Å². The highest BCUT2D eigenvalue weighted by atomic mass is 32.1. The van der Waals surface area contributed by atoms with Gasteiger partial charge in [-0.2, -0.15) is 23.3 Å². The average molecular weight is 549 g/mol. The summed E-state index contributed by atoms with van der Waals surface area (Å²) in [4.78, 5) is 6.56. The second-order valence-electron chi connectivity index (χ2n) is 8.30. The number of H-pyrrole nitrogens is 1. The average Bonchev–Trinajstić information content (AvgIpc) is 3.52. The Hall–Kier alpha value is -3.61. The first-order chi connectivity index (χ1) is 18.2. The lowest BCUT2D eigenvalue weighted by Gasteiger charge is -2.20. The van der Waals surface area contributed by atoms with Gasteiger partial charge in [-0.15, -0.1) is 0 Å². The third kappa shape index (κ3) is 6.09. The predicted molar refractivity (Wildman–Crippen MR) is 141 cm³/mol. The molecular weight excluding hydrogens is 521 g/mol. The quantitative estimate of drug-likeness (QED) is 0.241. The van der Waals surface area contributed by atoms with Crippen LogP contribution in [0.3, 0.4) is 0 Å². The van der Waals surface area contributed by atoms with Crippen molar-refractivity contribution in [1.82, 2.24) is 15.2 Å². The Bertz CT molecular complexity index is 1410. The Morgan fingerprint density at radius 1 is 1.08 bits per heavy atom. The summed E-state index contributed by atoms with van der Waals surface area (Å²) in [7, 11) is 4.48. The Morgan fingerprint density at radius 3 is 2.47 bits per heavy atom. The number of aromatic hydroxyl groups is 1. The van der Waals surface area contributed by atoms with Crippen molar-refractivity contribution in [2.75, 3.05) is 52.5 Å². The number of benzene rings is 2. The van der Waals surface area contributed by atoms with E-state index in [1.807, 2.05) is 4.90 Å². The first-order valence-corrected chi connectivity index (χ1v) is 12.4. The molecule has 0 atom stereocenters. The van der Waals surface area contributed by atoms with E-state index in [0.717, 1.165) is 17.0 Å². The van der Waals surface area contributed by atoms with Gasteiger partial charge in [0, 0.05) is 38.3 Å². The largest absolute Gasteiger partial charge is 0.497 e. The molecule has 0 saturated heterocycles. The van der Waals surface area contributed by atoms with Gasteiger partial charge in [-0.25, -0.2) is 0 Å². The van der Waals surface area contributed by atoms with Crippen molar-refractivity contribution in [2.45, 2.75) is 6.18 Å². The number of anilines is 1. The summed E-state index contributed by atoms with van der Waals surface area (Å²) in [6.45, 7) is 1.81. The Kier molecular flexibility index (Phi) is 8.55. The summed E-state index contributed by atoms with van der Waals surface area (Å²) in [6.07, 6.45) is -1.59. The number of alkyl halides is 3. The van der Waals surface area contributed by atoms with Gasteiger partial charge < -0.3 is 24.2 Å². The van der Waals surface area contributed by atoms with Crippen LogP contribution in [0.15, 0.2) is 42.6 Å². The van der Waals surface area contributed by atoms with Crippen molar-refractivity contribution in [3.05, 3.63) is 64.2 Å². The molecule has 38 heavy (non-hydrogen) atoms. The molecule has 0 aliphatic heterocycles. The third-order valence-electron chi connectivity index (χ3n) is 5.86. The van der Waals surface area contributed by atoms with Crippen molar-refractivity contribution >= 4 is 39.0 Å². The van der Waals surface area contributed by atoms with Crippen molar-refractivity contribution in [3.8, 4) is 11.6 Å². The molecule has 0 radical (unpaired) electrons. The molecule has 0 aliphatic rings. The SMILES string of the molecule is COCCN(CCOC)c1nc(O)c(C(=Cc2ccc(OC)cc2C(F)(F)F)c2ccc3[nH]ncc3c2)s1. The molecule has 202 valence electrons. The number of thiazole rings is 1. The van der Waals surface area contributed by atoms with Gasteiger partial charge in [0.1, 0.15) is 10.6 Å². The van der Waals surface area contributed by atoms with Gasteiger partial charge in [0.25, 0.3) is 0 Å². The number of halogens is 3. The molecular formula is C26H27F3N4O4S. The lowest BCUT2D eigenvalue weighted by Crippen LogP contribution is -2.30. The fourth-order valence-electron chi connectivity index (χ4n) is 3.90. The molecule has 2 heterocycles. The summed E-state index contributed by atoms with van der Waals surface area (Å²) in [5.41, 5.74) is 0.806. The zero-order chi connectivity index (χ0) is 27.3. The standard InChI is InChI=1S/C26H27F3N4O4S/c1-35-10-8-33(9-11-36-2)25-31-24(34)23(38-25)20(16-5-7-22-18(12-16)15-30-32-22)13-17-4-6-19(37-3)14-21(17)26(27,28)29/h4-7,12-15,34H,8-11H2,1-3H3,(H,30,32). The molecule has 0 fully saturated rings. The van der Waals surface area contributed by atoms with Crippen LogP contribution in [0.25, 0.3) is 22.6 Å². The summed E-state index contributed by atoms with van der Waals surface area (Å²) in [5.74, 6) is -0.198. The number of rotatable bonds is 11. The maximum absolute atomic E-state index is 14.0. The lowest BCUT2D eigenvalue weighted by atomic mass is 9.97. The van der Waals surface area contributed by atoms with E-state index >= 15 is 0 Å². The number of aromatic amines is 1. The van der Waals surface area contributed by atoms with Gasteiger partial charge in [0.2, 0.25) is 5.88 Å². The van der Waals surface area contributed by atoms with Crippen LogP contribution >= 0.6 is 11.3 Å². The number of hydrogen-bond donors (Lipinski definition) is 2. The van der Waals surface area contributed by atoms with E-state index in [9.17, 15) is 18.3 Å². The van der Waals surface area contributed by atoms with Gasteiger partial charge in [0.15, 0.2) is 5.13 Å². The number of ether oxygens (including phenoxy) is 3. The van der Waals surface area contributed by atoms with E-state index in [0.29, 0.717) is 47.4 Å². The molecule has 0 aliphatic carbocycles. The zero-order valence-electron chi connectivity index (χ0n) is 21.0. The summed E-state index contributed by atoms with van der Waals surface area (Å²) >= 11 is 1.18. The van der Waals surface area contributed by atoms with Crippen molar-refractivity contribution in [2.24, 2.45) is 0 Å². The maximum atomic E-state index is 14.0. The fourth-order valence-corrected chi connectivity index (χ4v) is 4.95. The van der Waals surface area contributed by atoms with E-state index in [-0.39, 0.29) is 17.2 Å². The van der Waals surface area contributed by atoms with Crippen LogP contribution in [0, 0.1) is 0 Å². The monoisotopic (exact) mass is 548 g/mol. The number of nitrogens with zero attached hydrogens (tertiary/aromatic N) is 3. The predicted octanol–water partition coefficient (Wildman–Crippen LogP) is 5.44. The smallest absolute Gasteiger partial charge is 0.417 e. The van der Waals surface area contributed by atoms with Crippen LogP contribution in [0.5, 0.6) is 11.6 Å². The second-order valence-corrected chi connectivity index (χ2v) is 9.28. The molecule has 12 heteroatoms. The normalized spacial score (nSPS) is 12.3.